The Hall–Kier alpha value is -2.29. The van der Waals surface area contributed by atoms with Crippen molar-refractivity contribution in [3.8, 4) is 0 Å². The van der Waals surface area contributed by atoms with Crippen molar-refractivity contribution in [1.82, 2.24) is 15.5 Å². The molecule has 1 heterocycles. The molecule has 10 heteroatoms. The molecule has 4 atom stereocenters. The van der Waals surface area contributed by atoms with Crippen molar-refractivity contribution >= 4 is 41.1 Å². The van der Waals surface area contributed by atoms with Gasteiger partial charge in [0, 0.05) is 34.3 Å². The van der Waals surface area contributed by atoms with Crippen LogP contribution in [-0.4, -0.2) is 65.7 Å². The maximum Gasteiger partial charge on any atom is 0.334 e. The van der Waals surface area contributed by atoms with Gasteiger partial charge in [0.25, 0.3) is 0 Å². The summed E-state index contributed by atoms with van der Waals surface area (Å²) in [5.41, 5.74) is 0.0831. The van der Waals surface area contributed by atoms with E-state index in [4.69, 9.17) is 28.3 Å². The van der Waals surface area contributed by atoms with Gasteiger partial charge in [-0.15, -0.1) is 0 Å². The number of carboxylic acid groups (broad SMARTS) is 2. The molecule has 0 saturated heterocycles. The number of halogens is 2. The van der Waals surface area contributed by atoms with Gasteiger partial charge in [-0.2, -0.15) is 0 Å². The van der Waals surface area contributed by atoms with Gasteiger partial charge < -0.3 is 25.7 Å². The van der Waals surface area contributed by atoms with Crippen LogP contribution in [0.1, 0.15) is 25.5 Å². The Bertz CT molecular complexity index is 852. The van der Waals surface area contributed by atoms with Crippen molar-refractivity contribution in [3.05, 3.63) is 45.5 Å². The van der Waals surface area contributed by atoms with E-state index in [0.29, 0.717) is 27.6 Å². The second kappa shape index (κ2) is 10.1. The number of rotatable bonds is 8. The zero-order valence-corrected chi connectivity index (χ0v) is 18.7. The number of aliphatic imine (C=N–C) groups is 1. The minimum Gasteiger partial charge on any atom is -0.478 e. The minimum atomic E-state index is -1.37. The first-order valence-corrected chi connectivity index (χ1v) is 10.1. The first-order chi connectivity index (χ1) is 14.0. The fraction of sp³-hybridized carbons (Fsp3) is 0.450. The van der Waals surface area contributed by atoms with Crippen molar-refractivity contribution < 1.29 is 19.8 Å². The molecule has 1 aliphatic rings. The van der Waals surface area contributed by atoms with Gasteiger partial charge in [-0.25, -0.2) is 14.6 Å². The highest BCUT2D eigenvalue weighted by molar-refractivity contribution is 6.36. The van der Waals surface area contributed by atoms with Crippen molar-refractivity contribution in [2.75, 3.05) is 20.6 Å². The summed E-state index contributed by atoms with van der Waals surface area (Å²) in [6.07, 6.45) is 0.661. The third-order valence-electron chi connectivity index (χ3n) is 4.90. The van der Waals surface area contributed by atoms with Crippen LogP contribution in [0.2, 0.25) is 10.0 Å². The lowest BCUT2D eigenvalue weighted by Crippen LogP contribution is -2.47. The van der Waals surface area contributed by atoms with E-state index in [2.05, 4.69) is 27.4 Å². The SMILES string of the molecule is CC(CN(C)C)C(C)NC1=NC(c2c(Cl)cccc2Cl)C(/C(=C/C(=O)O)C(=O)O)N1. The molecular formula is C20H26Cl2N4O4. The van der Waals surface area contributed by atoms with Crippen LogP contribution in [0.5, 0.6) is 0 Å². The zero-order chi connectivity index (χ0) is 22.6. The minimum absolute atomic E-state index is 0.0106. The first kappa shape index (κ1) is 24.0. The molecule has 0 fully saturated rings. The average Bonchev–Trinajstić information content (AvgIpc) is 3.01. The fourth-order valence-corrected chi connectivity index (χ4v) is 3.96. The lowest BCUT2D eigenvalue weighted by molar-refractivity contribution is -0.135. The molecular weight excluding hydrogens is 431 g/mol. The summed E-state index contributed by atoms with van der Waals surface area (Å²) in [6, 6.07) is 3.16. The van der Waals surface area contributed by atoms with Crippen LogP contribution in [0.4, 0.5) is 0 Å². The summed E-state index contributed by atoms with van der Waals surface area (Å²) in [5.74, 6) is -2.11. The number of guanidine groups is 1. The number of benzene rings is 1. The van der Waals surface area contributed by atoms with Crippen LogP contribution in [0, 0.1) is 5.92 Å². The first-order valence-electron chi connectivity index (χ1n) is 9.38. The standard InChI is InChI=1S/C20H26Cl2N4O4/c1-10(9-26(3)4)11(2)23-20-24-17(12(19(29)30)8-15(27)28)18(25-20)16-13(21)6-5-7-14(16)22/h5-8,10-11,17-18H,9H2,1-4H3,(H,27,28)(H,29,30)(H2,23,24,25)/b12-8-. The van der Waals surface area contributed by atoms with Crippen molar-refractivity contribution in [2.24, 2.45) is 10.9 Å². The summed E-state index contributed by atoms with van der Waals surface area (Å²) in [4.78, 5) is 29.7. The molecule has 2 rings (SSSR count). The molecule has 30 heavy (non-hydrogen) atoms. The summed E-state index contributed by atoms with van der Waals surface area (Å²) >= 11 is 12.7. The highest BCUT2D eigenvalue weighted by Gasteiger charge is 2.38. The number of carboxylic acids is 2. The highest BCUT2D eigenvalue weighted by atomic mass is 35.5. The van der Waals surface area contributed by atoms with Crippen LogP contribution in [0.25, 0.3) is 0 Å². The predicted molar refractivity (Wildman–Crippen MR) is 117 cm³/mol. The largest absolute Gasteiger partial charge is 0.478 e. The zero-order valence-electron chi connectivity index (χ0n) is 17.2. The molecule has 0 saturated carbocycles. The van der Waals surface area contributed by atoms with Gasteiger partial charge in [0.2, 0.25) is 0 Å². The molecule has 8 nitrogen and oxygen atoms in total. The van der Waals surface area contributed by atoms with E-state index in [1.807, 2.05) is 21.0 Å². The molecule has 0 aliphatic carbocycles. The number of hydrogen-bond acceptors (Lipinski definition) is 6. The maximum absolute atomic E-state index is 11.8. The number of nitrogens with one attached hydrogen (secondary N) is 2. The Morgan fingerprint density at radius 1 is 1.27 bits per heavy atom. The van der Waals surface area contributed by atoms with Gasteiger partial charge in [0.1, 0.15) is 6.04 Å². The van der Waals surface area contributed by atoms with E-state index < -0.39 is 24.0 Å². The molecule has 0 radical (unpaired) electrons. The second-order valence-electron chi connectivity index (χ2n) is 7.60. The highest BCUT2D eigenvalue weighted by Crippen LogP contribution is 2.38. The van der Waals surface area contributed by atoms with E-state index in [1.54, 1.807) is 18.2 Å². The van der Waals surface area contributed by atoms with Gasteiger partial charge in [0.15, 0.2) is 5.96 Å². The van der Waals surface area contributed by atoms with Gasteiger partial charge >= 0.3 is 11.9 Å². The van der Waals surface area contributed by atoms with E-state index in [9.17, 15) is 14.7 Å². The molecule has 0 amide bonds. The van der Waals surface area contributed by atoms with Crippen molar-refractivity contribution in [2.45, 2.75) is 32.0 Å². The fourth-order valence-electron chi connectivity index (χ4n) is 3.34. The molecule has 4 N–H and O–H groups in total. The van der Waals surface area contributed by atoms with Gasteiger partial charge in [-0.05, 0) is 39.1 Å². The second-order valence-corrected chi connectivity index (χ2v) is 8.41. The molecule has 164 valence electrons. The Kier molecular flexibility index (Phi) is 8.11. The number of nitrogens with zero attached hydrogens (tertiary/aromatic N) is 2. The molecule has 0 aromatic heterocycles. The number of carbonyl (C=O) groups is 2. The van der Waals surface area contributed by atoms with E-state index in [1.165, 1.54) is 0 Å². The monoisotopic (exact) mass is 456 g/mol. The maximum atomic E-state index is 11.8. The van der Waals surface area contributed by atoms with Crippen LogP contribution < -0.4 is 10.6 Å². The van der Waals surface area contributed by atoms with Crippen LogP contribution in [-0.2, 0) is 9.59 Å². The number of hydrogen-bond donors (Lipinski definition) is 4. The third kappa shape index (κ3) is 5.87. The summed E-state index contributed by atoms with van der Waals surface area (Å²) in [7, 11) is 3.96. The van der Waals surface area contributed by atoms with Crippen LogP contribution in [0.15, 0.2) is 34.8 Å². The molecule has 4 unspecified atom stereocenters. The Morgan fingerprint density at radius 3 is 2.37 bits per heavy atom. The normalized spacial score (nSPS) is 21.0. The van der Waals surface area contributed by atoms with Crippen molar-refractivity contribution in [1.29, 1.82) is 0 Å². The Balaban J connectivity index is 2.43. The van der Waals surface area contributed by atoms with Gasteiger partial charge in [-0.3, -0.25) is 0 Å². The van der Waals surface area contributed by atoms with Crippen molar-refractivity contribution in [3.63, 3.8) is 0 Å². The van der Waals surface area contributed by atoms with E-state index in [-0.39, 0.29) is 17.5 Å². The molecule has 1 aromatic carbocycles. The summed E-state index contributed by atoms with van der Waals surface area (Å²) in [6.45, 7) is 4.92. The molecule has 1 aliphatic heterocycles. The summed E-state index contributed by atoms with van der Waals surface area (Å²) in [5, 5.41) is 25.7. The van der Waals surface area contributed by atoms with Gasteiger partial charge in [0.05, 0.1) is 11.6 Å². The molecule has 0 spiro atoms. The van der Waals surface area contributed by atoms with E-state index >= 15 is 0 Å². The molecule has 1 aromatic rings. The van der Waals surface area contributed by atoms with Gasteiger partial charge in [-0.1, -0.05) is 36.2 Å². The molecule has 0 bridgehead atoms. The topological polar surface area (TPSA) is 114 Å². The third-order valence-corrected chi connectivity index (χ3v) is 5.56. The number of aliphatic carboxylic acids is 2. The predicted octanol–water partition coefficient (Wildman–Crippen LogP) is 2.63. The lowest BCUT2D eigenvalue weighted by Gasteiger charge is -2.25. The van der Waals surface area contributed by atoms with Crippen LogP contribution >= 0.6 is 23.2 Å². The quantitative estimate of drug-likeness (QED) is 0.444. The summed E-state index contributed by atoms with van der Waals surface area (Å²) < 4.78 is 0. The Morgan fingerprint density at radius 2 is 1.87 bits per heavy atom. The smallest absolute Gasteiger partial charge is 0.334 e. The lowest BCUT2D eigenvalue weighted by atomic mass is 9.94. The van der Waals surface area contributed by atoms with E-state index in [0.717, 1.165) is 6.54 Å². The average molecular weight is 457 g/mol. The van der Waals surface area contributed by atoms with Crippen LogP contribution in [0.3, 0.4) is 0 Å². The Labute approximate surface area is 185 Å².